The Balaban J connectivity index is 1.42. The highest BCUT2D eigenvalue weighted by atomic mass is 35.5. The standard InChI is InChI=1S/C28H24ClNO/c1-20(31)27-11-3-2-9-23(27)10-5-8-21-6-4-7-22(18-21)12-16-26-17-14-24-13-15-25(29)19-28(24)30-26/h2-4,6-7,9,11-19H,5,8,10H2,1H3. The molecule has 0 N–H and O–H groups in total. The highest BCUT2D eigenvalue weighted by molar-refractivity contribution is 6.31. The Morgan fingerprint density at radius 3 is 2.61 bits per heavy atom. The fourth-order valence-corrected chi connectivity index (χ4v) is 3.96. The molecule has 0 spiro atoms. The van der Waals surface area contributed by atoms with Gasteiger partial charge in [-0.1, -0.05) is 78.3 Å². The minimum Gasteiger partial charge on any atom is -0.295 e. The van der Waals surface area contributed by atoms with Crippen molar-refractivity contribution in [1.82, 2.24) is 4.98 Å². The number of hydrogen-bond acceptors (Lipinski definition) is 2. The van der Waals surface area contributed by atoms with Crippen molar-refractivity contribution >= 4 is 40.4 Å². The Morgan fingerprint density at radius 2 is 1.74 bits per heavy atom. The van der Waals surface area contributed by atoms with Crippen molar-refractivity contribution in [2.75, 3.05) is 0 Å². The molecule has 0 aliphatic rings. The van der Waals surface area contributed by atoms with Gasteiger partial charge in [0.05, 0.1) is 11.2 Å². The molecule has 0 saturated heterocycles. The maximum absolute atomic E-state index is 11.8. The largest absolute Gasteiger partial charge is 0.295 e. The smallest absolute Gasteiger partial charge is 0.160 e. The molecule has 31 heavy (non-hydrogen) atoms. The van der Waals surface area contributed by atoms with Crippen molar-refractivity contribution in [2.24, 2.45) is 0 Å². The van der Waals surface area contributed by atoms with Gasteiger partial charge in [0, 0.05) is 16.0 Å². The molecule has 1 aromatic heterocycles. The van der Waals surface area contributed by atoms with E-state index >= 15 is 0 Å². The summed E-state index contributed by atoms with van der Waals surface area (Å²) in [4.78, 5) is 16.5. The number of Topliss-reactive ketones (excluding diaryl/α,β-unsaturated/α-hetero) is 1. The van der Waals surface area contributed by atoms with E-state index in [0.29, 0.717) is 5.02 Å². The molecular weight excluding hydrogens is 402 g/mol. The van der Waals surface area contributed by atoms with E-state index in [0.717, 1.165) is 52.5 Å². The predicted molar refractivity (Wildman–Crippen MR) is 131 cm³/mol. The highest BCUT2D eigenvalue weighted by Gasteiger charge is 2.06. The Labute approximate surface area is 188 Å². The monoisotopic (exact) mass is 425 g/mol. The molecule has 0 aliphatic carbocycles. The van der Waals surface area contributed by atoms with Crippen LogP contribution in [0.25, 0.3) is 23.1 Å². The van der Waals surface area contributed by atoms with Crippen molar-refractivity contribution < 1.29 is 4.79 Å². The van der Waals surface area contributed by atoms with Crippen molar-refractivity contribution in [3.8, 4) is 0 Å². The average molecular weight is 426 g/mol. The molecule has 0 saturated carbocycles. The van der Waals surface area contributed by atoms with Crippen molar-refractivity contribution in [3.63, 3.8) is 0 Å². The molecule has 1 heterocycles. The van der Waals surface area contributed by atoms with Gasteiger partial charge in [0.1, 0.15) is 0 Å². The number of benzene rings is 3. The summed E-state index contributed by atoms with van der Waals surface area (Å²) in [6.07, 6.45) is 7.00. The van der Waals surface area contributed by atoms with Gasteiger partial charge in [-0.25, -0.2) is 4.98 Å². The van der Waals surface area contributed by atoms with Crippen LogP contribution in [0.3, 0.4) is 0 Å². The van der Waals surface area contributed by atoms with Gasteiger partial charge in [0.25, 0.3) is 0 Å². The number of aryl methyl sites for hydroxylation is 2. The van der Waals surface area contributed by atoms with Gasteiger partial charge in [0.15, 0.2) is 5.78 Å². The zero-order valence-electron chi connectivity index (χ0n) is 17.5. The maximum atomic E-state index is 11.8. The summed E-state index contributed by atoms with van der Waals surface area (Å²) in [5, 5.41) is 1.77. The molecule has 0 atom stereocenters. The molecule has 0 fully saturated rings. The number of ketones is 1. The number of pyridine rings is 1. The van der Waals surface area contributed by atoms with Crippen LogP contribution in [-0.4, -0.2) is 10.8 Å². The van der Waals surface area contributed by atoms with Crippen LogP contribution in [0.4, 0.5) is 0 Å². The summed E-state index contributed by atoms with van der Waals surface area (Å²) >= 11 is 6.09. The molecule has 2 nitrogen and oxygen atoms in total. The molecule has 3 aromatic carbocycles. The Morgan fingerprint density at radius 1 is 0.903 bits per heavy atom. The average Bonchev–Trinajstić information content (AvgIpc) is 2.78. The molecule has 0 bridgehead atoms. The van der Waals surface area contributed by atoms with Gasteiger partial charge >= 0.3 is 0 Å². The molecule has 0 aliphatic heterocycles. The second-order valence-electron chi connectivity index (χ2n) is 7.72. The molecular formula is C28H24ClNO. The molecule has 4 rings (SSSR count). The molecule has 154 valence electrons. The van der Waals surface area contributed by atoms with E-state index in [1.807, 2.05) is 48.5 Å². The Kier molecular flexibility index (Phi) is 6.59. The first-order valence-corrected chi connectivity index (χ1v) is 10.9. The summed E-state index contributed by atoms with van der Waals surface area (Å²) < 4.78 is 0. The number of carbonyl (C=O) groups is 1. The van der Waals surface area contributed by atoms with E-state index in [1.165, 1.54) is 5.56 Å². The first-order chi connectivity index (χ1) is 15.1. The summed E-state index contributed by atoms with van der Waals surface area (Å²) in [6.45, 7) is 1.63. The van der Waals surface area contributed by atoms with Crippen LogP contribution >= 0.6 is 11.6 Å². The number of halogens is 1. The van der Waals surface area contributed by atoms with Gasteiger partial charge in [-0.3, -0.25) is 4.79 Å². The van der Waals surface area contributed by atoms with E-state index in [9.17, 15) is 4.79 Å². The summed E-state index contributed by atoms with van der Waals surface area (Å²) in [6, 6.07) is 26.3. The molecule has 4 aromatic rings. The van der Waals surface area contributed by atoms with Gasteiger partial charge in [0.2, 0.25) is 0 Å². The lowest BCUT2D eigenvalue weighted by Crippen LogP contribution is -2.00. The zero-order chi connectivity index (χ0) is 21.6. The minimum absolute atomic E-state index is 0.132. The number of nitrogens with zero attached hydrogens (tertiary/aromatic N) is 1. The number of aromatic nitrogens is 1. The van der Waals surface area contributed by atoms with E-state index in [4.69, 9.17) is 11.6 Å². The van der Waals surface area contributed by atoms with Crippen LogP contribution in [0.15, 0.2) is 78.9 Å². The Bertz CT molecular complexity index is 1260. The third-order valence-electron chi connectivity index (χ3n) is 5.38. The second-order valence-corrected chi connectivity index (χ2v) is 8.15. The van der Waals surface area contributed by atoms with Crippen LogP contribution in [0.1, 0.15) is 46.1 Å². The minimum atomic E-state index is 0.132. The lowest BCUT2D eigenvalue weighted by molar-refractivity contribution is 0.101. The van der Waals surface area contributed by atoms with E-state index in [-0.39, 0.29) is 5.78 Å². The first kappa shape index (κ1) is 21.0. The van der Waals surface area contributed by atoms with E-state index in [1.54, 1.807) is 6.92 Å². The van der Waals surface area contributed by atoms with Gasteiger partial charge < -0.3 is 0 Å². The van der Waals surface area contributed by atoms with E-state index < -0.39 is 0 Å². The lowest BCUT2D eigenvalue weighted by atomic mass is 9.97. The van der Waals surface area contributed by atoms with Crippen LogP contribution < -0.4 is 0 Å². The molecule has 0 unspecified atom stereocenters. The summed E-state index contributed by atoms with van der Waals surface area (Å²) in [7, 11) is 0. The van der Waals surface area contributed by atoms with Crippen LogP contribution in [-0.2, 0) is 12.8 Å². The van der Waals surface area contributed by atoms with E-state index in [2.05, 4.69) is 47.5 Å². The molecule has 3 heteroatoms. The van der Waals surface area contributed by atoms with Crippen molar-refractivity contribution in [2.45, 2.75) is 26.2 Å². The van der Waals surface area contributed by atoms with Crippen molar-refractivity contribution in [1.29, 1.82) is 0 Å². The fourth-order valence-electron chi connectivity index (χ4n) is 3.80. The third kappa shape index (κ3) is 5.48. The normalized spacial score (nSPS) is 11.3. The zero-order valence-corrected chi connectivity index (χ0v) is 18.3. The fraction of sp³-hybridized carbons (Fsp3) is 0.143. The topological polar surface area (TPSA) is 30.0 Å². The highest BCUT2D eigenvalue weighted by Crippen LogP contribution is 2.19. The number of fused-ring (bicyclic) bond motifs is 1. The number of hydrogen-bond donors (Lipinski definition) is 0. The second kappa shape index (κ2) is 9.72. The van der Waals surface area contributed by atoms with Gasteiger partial charge in [-0.2, -0.15) is 0 Å². The van der Waals surface area contributed by atoms with Gasteiger partial charge in [-0.05, 0) is 67.2 Å². The third-order valence-corrected chi connectivity index (χ3v) is 5.62. The number of carbonyl (C=O) groups excluding carboxylic acids is 1. The van der Waals surface area contributed by atoms with Crippen LogP contribution in [0, 0.1) is 0 Å². The van der Waals surface area contributed by atoms with Gasteiger partial charge in [-0.15, -0.1) is 0 Å². The van der Waals surface area contributed by atoms with Crippen molar-refractivity contribution in [3.05, 3.63) is 112 Å². The quantitative estimate of drug-likeness (QED) is 0.288. The first-order valence-electron chi connectivity index (χ1n) is 10.5. The van der Waals surface area contributed by atoms with Crippen LogP contribution in [0.2, 0.25) is 5.02 Å². The number of rotatable bonds is 7. The molecule has 0 radical (unpaired) electrons. The summed E-state index contributed by atoms with van der Waals surface area (Å²) in [5.41, 5.74) is 6.21. The summed E-state index contributed by atoms with van der Waals surface area (Å²) in [5.74, 6) is 0.132. The SMILES string of the molecule is CC(=O)c1ccccc1CCCc1cccc(C=Cc2ccc3ccc(Cl)cc3n2)c1. The lowest BCUT2D eigenvalue weighted by Gasteiger charge is -2.07. The van der Waals surface area contributed by atoms with Crippen LogP contribution in [0.5, 0.6) is 0 Å². The molecule has 0 amide bonds. The predicted octanol–water partition coefficient (Wildman–Crippen LogP) is 7.44. The Hall–Kier alpha value is -3.23. The maximum Gasteiger partial charge on any atom is 0.160 e.